The van der Waals surface area contributed by atoms with Crippen molar-refractivity contribution in [2.75, 3.05) is 25.5 Å². The standard InChI is InChI=1S/C21H23F2N3O4S/c1-26-11-3-7-20(26)25-31(28,29)17-6-2-5-16(14-17)24-21(27)8-4-12-30-19-10-9-15(22)13-18(19)23/h2,5-6,9-10,13-14H,3-4,7-8,11-12H2,1H3,(H,24,27)/b25-20+. The largest absolute Gasteiger partial charge is 0.491 e. The Labute approximate surface area is 179 Å². The molecule has 0 spiro atoms. The topological polar surface area (TPSA) is 88.1 Å². The molecule has 10 heteroatoms. The van der Waals surface area contributed by atoms with E-state index in [0.717, 1.165) is 25.1 Å². The minimum atomic E-state index is -3.88. The van der Waals surface area contributed by atoms with E-state index in [2.05, 4.69) is 9.71 Å². The number of sulfonamides is 1. The summed E-state index contributed by atoms with van der Waals surface area (Å²) in [6, 6.07) is 8.88. The van der Waals surface area contributed by atoms with E-state index in [1.54, 1.807) is 13.1 Å². The number of amidine groups is 1. The lowest BCUT2D eigenvalue weighted by Gasteiger charge is -2.11. The number of carbonyl (C=O) groups is 1. The van der Waals surface area contributed by atoms with Crippen LogP contribution in [0.3, 0.4) is 0 Å². The Morgan fingerprint density at radius 2 is 2.03 bits per heavy atom. The maximum atomic E-state index is 13.5. The number of benzene rings is 2. The molecule has 31 heavy (non-hydrogen) atoms. The summed E-state index contributed by atoms with van der Waals surface area (Å²) in [6.07, 6.45) is 1.84. The summed E-state index contributed by atoms with van der Waals surface area (Å²) in [5.74, 6) is -1.43. The average Bonchev–Trinajstić information content (AvgIpc) is 3.10. The summed E-state index contributed by atoms with van der Waals surface area (Å²) in [4.78, 5) is 13.9. The molecule has 0 saturated carbocycles. The monoisotopic (exact) mass is 451 g/mol. The maximum absolute atomic E-state index is 13.5. The predicted molar refractivity (Wildman–Crippen MR) is 113 cm³/mol. The quantitative estimate of drug-likeness (QED) is 0.620. The SMILES string of the molecule is CN1CCC/C1=N\S(=O)(=O)c1cccc(NC(=O)CCCOc2ccc(F)cc2F)c1. The van der Waals surface area contributed by atoms with Crippen LogP contribution in [0, 0.1) is 11.6 Å². The van der Waals surface area contributed by atoms with Gasteiger partial charge in [0.05, 0.1) is 11.5 Å². The van der Waals surface area contributed by atoms with Gasteiger partial charge in [0.1, 0.15) is 11.7 Å². The van der Waals surface area contributed by atoms with E-state index >= 15 is 0 Å². The molecule has 2 aromatic carbocycles. The zero-order valence-electron chi connectivity index (χ0n) is 17.0. The van der Waals surface area contributed by atoms with E-state index in [1.807, 2.05) is 4.90 Å². The highest BCUT2D eigenvalue weighted by atomic mass is 32.2. The molecule has 1 heterocycles. The molecule has 1 aliphatic heterocycles. The Hall–Kier alpha value is -3.01. The van der Waals surface area contributed by atoms with Gasteiger partial charge >= 0.3 is 0 Å². The normalized spacial score (nSPS) is 15.3. The molecule has 0 aliphatic carbocycles. The van der Waals surface area contributed by atoms with Crippen molar-refractivity contribution < 1.29 is 26.7 Å². The smallest absolute Gasteiger partial charge is 0.284 e. The molecule has 166 valence electrons. The second kappa shape index (κ2) is 9.86. The molecule has 0 atom stereocenters. The second-order valence-corrected chi connectivity index (χ2v) is 8.71. The molecule has 0 aromatic heterocycles. The Morgan fingerprint density at radius 3 is 2.74 bits per heavy atom. The van der Waals surface area contributed by atoms with Crippen LogP contribution in [-0.2, 0) is 14.8 Å². The summed E-state index contributed by atoms with van der Waals surface area (Å²) in [7, 11) is -2.08. The number of anilines is 1. The molecule has 2 aromatic rings. The van der Waals surface area contributed by atoms with E-state index in [4.69, 9.17) is 4.74 Å². The summed E-state index contributed by atoms with van der Waals surface area (Å²) < 4.78 is 60.6. The third-order valence-electron chi connectivity index (χ3n) is 4.68. The van der Waals surface area contributed by atoms with Crippen LogP contribution in [0.4, 0.5) is 14.5 Å². The molecular formula is C21H23F2N3O4S. The van der Waals surface area contributed by atoms with Gasteiger partial charge in [0.2, 0.25) is 5.91 Å². The van der Waals surface area contributed by atoms with Crippen LogP contribution in [0.5, 0.6) is 5.75 Å². The van der Waals surface area contributed by atoms with Crippen LogP contribution in [0.25, 0.3) is 0 Å². The summed E-state index contributed by atoms with van der Waals surface area (Å²) >= 11 is 0. The van der Waals surface area contributed by atoms with Crippen molar-refractivity contribution in [2.45, 2.75) is 30.6 Å². The molecule has 7 nitrogen and oxygen atoms in total. The van der Waals surface area contributed by atoms with Gasteiger partial charge in [0.15, 0.2) is 11.6 Å². The number of rotatable bonds is 8. The highest BCUT2D eigenvalue weighted by molar-refractivity contribution is 7.90. The highest BCUT2D eigenvalue weighted by Crippen LogP contribution is 2.21. The third kappa shape index (κ3) is 6.24. The van der Waals surface area contributed by atoms with Crippen molar-refractivity contribution >= 4 is 27.5 Å². The van der Waals surface area contributed by atoms with Crippen molar-refractivity contribution in [1.29, 1.82) is 0 Å². The zero-order chi connectivity index (χ0) is 22.4. The van der Waals surface area contributed by atoms with Gasteiger partial charge in [-0.25, -0.2) is 8.78 Å². The summed E-state index contributed by atoms with van der Waals surface area (Å²) in [5, 5.41) is 2.63. The fourth-order valence-electron chi connectivity index (χ4n) is 3.07. The minimum Gasteiger partial charge on any atom is -0.491 e. The van der Waals surface area contributed by atoms with Crippen molar-refractivity contribution in [3.05, 3.63) is 54.1 Å². The molecule has 1 saturated heterocycles. The Bertz CT molecular complexity index is 1090. The van der Waals surface area contributed by atoms with Gasteiger partial charge in [-0.2, -0.15) is 8.42 Å². The van der Waals surface area contributed by atoms with Gasteiger partial charge in [-0.1, -0.05) is 6.07 Å². The van der Waals surface area contributed by atoms with Crippen molar-refractivity contribution in [3.8, 4) is 5.75 Å². The third-order valence-corrected chi connectivity index (χ3v) is 5.98. The van der Waals surface area contributed by atoms with Gasteiger partial charge in [-0.3, -0.25) is 4.79 Å². The molecule has 1 amide bonds. The zero-order valence-corrected chi connectivity index (χ0v) is 17.8. The number of halogens is 2. The molecule has 3 rings (SSSR count). The highest BCUT2D eigenvalue weighted by Gasteiger charge is 2.20. The molecule has 0 unspecified atom stereocenters. The van der Waals surface area contributed by atoms with Crippen LogP contribution >= 0.6 is 0 Å². The van der Waals surface area contributed by atoms with Gasteiger partial charge in [0, 0.05) is 38.2 Å². The Kier molecular flexibility index (Phi) is 7.21. The summed E-state index contributed by atoms with van der Waals surface area (Å²) in [5.41, 5.74) is 0.330. The average molecular weight is 451 g/mol. The summed E-state index contributed by atoms with van der Waals surface area (Å²) in [6.45, 7) is 0.831. The minimum absolute atomic E-state index is 0.00628. The van der Waals surface area contributed by atoms with Gasteiger partial charge in [-0.15, -0.1) is 4.40 Å². The van der Waals surface area contributed by atoms with E-state index in [1.165, 1.54) is 24.3 Å². The van der Waals surface area contributed by atoms with Crippen LogP contribution < -0.4 is 10.1 Å². The van der Waals surface area contributed by atoms with Gasteiger partial charge < -0.3 is 15.0 Å². The lowest BCUT2D eigenvalue weighted by atomic mass is 10.2. The molecule has 1 fully saturated rings. The number of amides is 1. The lowest BCUT2D eigenvalue weighted by Crippen LogP contribution is -2.20. The van der Waals surface area contributed by atoms with Gasteiger partial charge in [-0.05, 0) is 43.2 Å². The van der Waals surface area contributed by atoms with Crippen LogP contribution in [0.15, 0.2) is 51.8 Å². The molecule has 0 bridgehead atoms. The van der Waals surface area contributed by atoms with Crippen molar-refractivity contribution in [3.63, 3.8) is 0 Å². The Balaban J connectivity index is 1.53. The van der Waals surface area contributed by atoms with E-state index in [9.17, 15) is 22.0 Å². The van der Waals surface area contributed by atoms with Crippen LogP contribution in [0.1, 0.15) is 25.7 Å². The van der Waals surface area contributed by atoms with Crippen molar-refractivity contribution in [1.82, 2.24) is 4.90 Å². The first-order valence-corrected chi connectivity index (χ1v) is 11.2. The number of nitrogens with one attached hydrogen (secondary N) is 1. The number of ether oxygens (including phenoxy) is 1. The van der Waals surface area contributed by atoms with E-state index in [-0.39, 0.29) is 29.6 Å². The first-order chi connectivity index (χ1) is 14.7. The van der Waals surface area contributed by atoms with E-state index < -0.39 is 21.7 Å². The molecule has 1 N–H and O–H groups in total. The maximum Gasteiger partial charge on any atom is 0.284 e. The van der Waals surface area contributed by atoms with Crippen molar-refractivity contribution in [2.24, 2.45) is 4.40 Å². The first kappa shape index (κ1) is 22.7. The fraction of sp³-hybridized carbons (Fsp3) is 0.333. The predicted octanol–water partition coefficient (Wildman–Crippen LogP) is 3.58. The van der Waals surface area contributed by atoms with Crippen LogP contribution in [0.2, 0.25) is 0 Å². The lowest BCUT2D eigenvalue weighted by molar-refractivity contribution is -0.116. The molecule has 0 radical (unpaired) electrons. The number of carbonyl (C=O) groups excluding carboxylic acids is 1. The number of likely N-dealkylation sites (tertiary alicyclic amines) is 1. The number of nitrogens with zero attached hydrogens (tertiary/aromatic N) is 2. The Morgan fingerprint density at radius 1 is 1.23 bits per heavy atom. The fourth-order valence-corrected chi connectivity index (χ4v) is 4.21. The first-order valence-electron chi connectivity index (χ1n) is 9.77. The van der Waals surface area contributed by atoms with E-state index in [0.29, 0.717) is 24.4 Å². The molecule has 1 aliphatic rings. The van der Waals surface area contributed by atoms with Crippen LogP contribution in [-0.4, -0.2) is 45.3 Å². The number of hydrogen-bond donors (Lipinski definition) is 1. The van der Waals surface area contributed by atoms with Gasteiger partial charge in [0.25, 0.3) is 10.0 Å². The number of hydrogen-bond acceptors (Lipinski definition) is 4. The molecular weight excluding hydrogens is 428 g/mol. The second-order valence-electron chi connectivity index (χ2n) is 7.11.